The first-order chi connectivity index (χ1) is 15.5. The van der Waals surface area contributed by atoms with E-state index >= 15 is 0 Å². The molecule has 1 saturated carbocycles. The van der Waals surface area contributed by atoms with Crippen molar-refractivity contribution in [2.24, 2.45) is 5.10 Å². The topological polar surface area (TPSA) is 69.2 Å². The molecule has 0 atom stereocenters. The Morgan fingerprint density at radius 3 is 2.69 bits per heavy atom. The fourth-order valence-corrected chi connectivity index (χ4v) is 4.95. The van der Waals surface area contributed by atoms with Crippen LogP contribution >= 0.6 is 15.9 Å². The minimum absolute atomic E-state index is 0.0712. The van der Waals surface area contributed by atoms with Crippen LogP contribution in [0.2, 0.25) is 0 Å². The first kappa shape index (κ1) is 20.8. The smallest absolute Gasteiger partial charge is 0.282 e. The molecule has 6 nitrogen and oxygen atoms in total. The second-order valence-electron chi connectivity index (χ2n) is 8.32. The summed E-state index contributed by atoms with van der Waals surface area (Å²) >= 11 is 3.46. The summed E-state index contributed by atoms with van der Waals surface area (Å²) in [5, 5.41) is 6.07. The number of para-hydroxylation sites is 1. The molecule has 0 saturated heterocycles. The molecule has 162 valence electrons. The molecule has 7 heteroatoms. The minimum atomic E-state index is -0.177. The minimum Gasteiger partial charge on any atom is -0.287 e. The van der Waals surface area contributed by atoms with Gasteiger partial charge in [0.1, 0.15) is 5.82 Å². The van der Waals surface area contributed by atoms with Crippen molar-refractivity contribution in [3.63, 3.8) is 0 Å². The Hall–Kier alpha value is -3.06. The quantitative estimate of drug-likeness (QED) is 0.345. The van der Waals surface area contributed by atoms with Gasteiger partial charge in [-0.3, -0.25) is 14.2 Å². The van der Waals surface area contributed by atoms with Crippen LogP contribution < -0.4 is 5.56 Å². The van der Waals surface area contributed by atoms with Gasteiger partial charge in [0.15, 0.2) is 0 Å². The van der Waals surface area contributed by atoms with Crippen molar-refractivity contribution in [3.8, 4) is 0 Å². The van der Waals surface area contributed by atoms with Gasteiger partial charge in [-0.1, -0.05) is 53.4 Å². The second kappa shape index (κ2) is 8.47. The van der Waals surface area contributed by atoms with Crippen LogP contribution in [0.1, 0.15) is 61.1 Å². The van der Waals surface area contributed by atoms with Crippen molar-refractivity contribution in [2.75, 3.05) is 0 Å². The molecule has 5 rings (SSSR count). The maximum atomic E-state index is 13.5. The maximum absolute atomic E-state index is 13.5. The largest absolute Gasteiger partial charge is 0.287 e. The van der Waals surface area contributed by atoms with E-state index in [2.05, 4.69) is 21.0 Å². The van der Waals surface area contributed by atoms with Gasteiger partial charge in [-0.15, -0.1) is 0 Å². The molecule has 1 fully saturated rings. The summed E-state index contributed by atoms with van der Waals surface area (Å²) in [6.45, 7) is 1.53. The predicted octanol–water partition coefficient (Wildman–Crippen LogP) is 5.70. The number of halogens is 1. The first-order valence-corrected chi connectivity index (χ1v) is 11.7. The van der Waals surface area contributed by atoms with Gasteiger partial charge in [-0.2, -0.15) is 9.78 Å². The molecule has 2 aromatic heterocycles. The van der Waals surface area contributed by atoms with Gasteiger partial charge < -0.3 is 0 Å². The van der Waals surface area contributed by atoms with E-state index in [-0.39, 0.29) is 17.4 Å². The number of hydrogen-bond acceptors (Lipinski definition) is 4. The van der Waals surface area contributed by atoms with Crippen LogP contribution in [0.3, 0.4) is 0 Å². The molecule has 0 bridgehead atoms. The highest BCUT2D eigenvalue weighted by Gasteiger charge is 2.22. The maximum Gasteiger partial charge on any atom is 0.282 e. The Kier molecular flexibility index (Phi) is 5.51. The number of hydrogen-bond donors (Lipinski definition) is 0. The van der Waals surface area contributed by atoms with Gasteiger partial charge in [0.2, 0.25) is 5.91 Å². The fraction of sp³-hybridized carbons (Fsp3) is 0.280. The van der Waals surface area contributed by atoms with Crippen LogP contribution in [0.25, 0.3) is 21.8 Å². The summed E-state index contributed by atoms with van der Waals surface area (Å²) in [5.41, 5.74) is 2.12. The van der Waals surface area contributed by atoms with Gasteiger partial charge >= 0.3 is 0 Å². The van der Waals surface area contributed by atoms with Crippen LogP contribution in [0, 0.1) is 0 Å². The van der Waals surface area contributed by atoms with E-state index in [1.165, 1.54) is 18.0 Å². The van der Waals surface area contributed by atoms with Crippen LogP contribution in [0.15, 0.2) is 63.0 Å². The normalized spacial score (nSPS) is 15.2. The number of fused-ring (bicyclic) bond motifs is 2. The molecule has 1 aliphatic rings. The highest BCUT2D eigenvalue weighted by atomic mass is 79.9. The zero-order chi connectivity index (χ0) is 22.2. The van der Waals surface area contributed by atoms with Crippen molar-refractivity contribution < 1.29 is 4.79 Å². The molecule has 0 amide bonds. The highest BCUT2D eigenvalue weighted by molar-refractivity contribution is 9.10. The molecular formula is C25H23BrN4O2. The Bertz CT molecular complexity index is 1430. The van der Waals surface area contributed by atoms with Crippen molar-refractivity contribution in [2.45, 2.75) is 44.9 Å². The summed E-state index contributed by atoms with van der Waals surface area (Å²) in [5.74, 6) is 0.856. The molecule has 1 aliphatic carbocycles. The van der Waals surface area contributed by atoms with Crippen molar-refractivity contribution in [1.29, 1.82) is 0 Å². The monoisotopic (exact) mass is 490 g/mol. The third-order valence-electron chi connectivity index (χ3n) is 6.20. The average Bonchev–Trinajstić information content (AvgIpc) is 3.18. The van der Waals surface area contributed by atoms with Crippen molar-refractivity contribution >= 4 is 49.9 Å². The molecule has 0 spiro atoms. The van der Waals surface area contributed by atoms with E-state index in [1.807, 2.05) is 36.4 Å². The SMILES string of the molecule is CC(=O)n1cc(C=Nn2c(C3CCCCC3)nc3ccc(Br)cc3c2=O)c2ccccc21. The zero-order valence-electron chi connectivity index (χ0n) is 17.8. The molecule has 4 aromatic rings. The van der Waals surface area contributed by atoms with E-state index in [0.29, 0.717) is 10.9 Å². The van der Waals surface area contributed by atoms with E-state index in [0.717, 1.165) is 52.4 Å². The lowest BCUT2D eigenvalue weighted by Crippen LogP contribution is -2.25. The van der Waals surface area contributed by atoms with E-state index in [4.69, 9.17) is 4.98 Å². The molecule has 0 aliphatic heterocycles. The Morgan fingerprint density at radius 2 is 1.91 bits per heavy atom. The number of nitrogens with zero attached hydrogens (tertiary/aromatic N) is 4. The fourth-order valence-electron chi connectivity index (χ4n) is 4.59. The lowest BCUT2D eigenvalue weighted by atomic mass is 9.88. The van der Waals surface area contributed by atoms with Crippen LogP contribution in [0.4, 0.5) is 0 Å². The summed E-state index contributed by atoms with van der Waals surface area (Å²) in [6.07, 6.45) is 8.94. The molecule has 32 heavy (non-hydrogen) atoms. The summed E-state index contributed by atoms with van der Waals surface area (Å²) in [6, 6.07) is 13.3. The Balaban J connectivity index is 1.69. The first-order valence-electron chi connectivity index (χ1n) is 10.9. The van der Waals surface area contributed by atoms with E-state index in [9.17, 15) is 9.59 Å². The third-order valence-corrected chi connectivity index (χ3v) is 6.69. The summed E-state index contributed by atoms with van der Waals surface area (Å²) in [4.78, 5) is 30.4. The number of carbonyl (C=O) groups excluding carboxylic acids is 1. The Morgan fingerprint density at radius 1 is 1.12 bits per heavy atom. The van der Waals surface area contributed by atoms with Crippen molar-refractivity contribution in [3.05, 3.63) is 74.9 Å². The lowest BCUT2D eigenvalue weighted by Gasteiger charge is -2.22. The van der Waals surface area contributed by atoms with Gasteiger partial charge in [0.25, 0.3) is 5.56 Å². The van der Waals surface area contributed by atoms with Crippen molar-refractivity contribution in [1.82, 2.24) is 14.2 Å². The van der Waals surface area contributed by atoms with Gasteiger partial charge in [-0.05, 0) is 37.1 Å². The standard InChI is InChI=1S/C25H23BrN4O2/c1-16(31)29-15-18(20-9-5-6-10-23(20)29)14-27-30-24(17-7-3-2-4-8-17)28-22-12-11-19(26)13-21(22)25(30)32/h5-6,9-15,17H,2-4,7-8H2,1H3. The van der Waals surface area contributed by atoms with Gasteiger partial charge in [-0.25, -0.2) is 4.98 Å². The summed E-state index contributed by atoms with van der Waals surface area (Å²) in [7, 11) is 0. The summed E-state index contributed by atoms with van der Waals surface area (Å²) < 4.78 is 3.90. The van der Waals surface area contributed by atoms with Crippen LogP contribution in [0.5, 0.6) is 0 Å². The molecule has 0 N–H and O–H groups in total. The third kappa shape index (κ3) is 3.71. The average molecular weight is 491 g/mol. The molecule has 0 radical (unpaired) electrons. The lowest BCUT2D eigenvalue weighted by molar-refractivity contribution is 0.0941. The second-order valence-corrected chi connectivity index (χ2v) is 9.23. The molecule has 2 heterocycles. The van der Waals surface area contributed by atoms with Gasteiger partial charge in [0, 0.05) is 34.5 Å². The van der Waals surface area contributed by atoms with Crippen LogP contribution in [-0.4, -0.2) is 26.3 Å². The number of carbonyl (C=O) groups is 1. The Labute approximate surface area is 193 Å². The molecule has 0 unspecified atom stereocenters. The highest BCUT2D eigenvalue weighted by Crippen LogP contribution is 2.32. The molecular weight excluding hydrogens is 468 g/mol. The van der Waals surface area contributed by atoms with Gasteiger partial charge in [0.05, 0.1) is 22.6 Å². The zero-order valence-corrected chi connectivity index (χ0v) is 19.4. The number of aromatic nitrogens is 3. The van der Waals surface area contributed by atoms with Crippen LogP contribution in [-0.2, 0) is 0 Å². The number of rotatable bonds is 3. The van der Waals surface area contributed by atoms with E-state index < -0.39 is 0 Å². The number of benzene rings is 2. The predicted molar refractivity (Wildman–Crippen MR) is 131 cm³/mol. The van der Waals surface area contributed by atoms with E-state index in [1.54, 1.807) is 23.0 Å². The molecule has 2 aromatic carbocycles.